The zero-order valence-corrected chi connectivity index (χ0v) is 20.9. The smallest absolute Gasteiger partial charge is 0.322 e. The van der Waals surface area contributed by atoms with Crippen LogP contribution >= 0.6 is 0 Å². The summed E-state index contributed by atoms with van der Waals surface area (Å²) in [6.07, 6.45) is 5.43. The molecule has 2 N–H and O–H groups in total. The fraction of sp³-hybridized carbons (Fsp3) is 0.241. The molecule has 0 saturated carbocycles. The number of anilines is 3. The number of pyridine rings is 1. The quantitative estimate of drug-likeness (QED) is 0.366. The summed E-state index contributed by atoms with van der Waals surface area (Å²) in [5.41, 5.74) is 6.78. The molecule has 4 aromatic rings. The molecular formula is C29H30N7O+. The minimum atomic E-state index is -0.117. The van der Waals surface area contributed by atoms with Crippen LogP contribution in [-0.4, -0.2) is 58.9 Å². The van der Waals surface area contributed by atoms with Crippen molar-refractivity contribution in [2.24, 2.45) is 0 Å². The first kappa shape index (κ1) is 23.3. The van der Waals surface area contributed by atoms with Gasteiger partial charge in [-0.3, -0.25) is 14.7 Å². The maximum absolute atomic E-state index is 12.9. The lowest BCUT2D eigenvalue weighted by Gasteiger charge is -2.32. The Labute approximate surface area is 216 Å². The van der Waals surface area contributed by atoms with Crippen molar-refractivity contribution in [1.29, 1.82) is 0 Å². The molecule has 6 rings (SSSR count). The molecule has 1 saturated heterocycles. The van der Waals surface area contributed by atoms with Crippen LogP contribution in [0.25, 0.3) is 11.3 Å². The van der Waals surface area contributed by atoms with Gasteiger partial charge in [-0.25, -0.2) is 9.88 Å². The Bertz CT molecular complexity index is 1410. The van der Waals surface area contributed by atoms with E-state index in [1.807, 2.05) is 54.7 Å². The molecule has 1 amide bonds. The molecule has 4 heterocycles. The molecule has 186 valence electrons. The number of benzene rings is 2. The molecule has 8 nitrogen and oxygen atoms in total. The van der Waals surface area contributed by atoms with E-state index in [0.29, 0.717) is 12.1 Å². The van der Waals surface area contributed by atoms with Gasteiger partial charge < -0.3 is 10.2 Å². The number of piperazine rings is 1. The monoisotopic (exact) mass is 492 g/mol. The third-order valence-electron chi connectivity index (χ3n) is 7.09. The number of carbonyl (C=O) groups is 1. The highest BCUT2D eigenvalue weighted by molar-refractivity contribution is 6.04. The van der Waals surface area contributed by atoms with Crippen molar-refractivity contribution in [2.75, 3.05) is 43.9 Å². The topological polar surface area (TPSA) is 77.3 Å². The first-order valence-electron chi connectivity index (χ1n) is 12.6. The van der Waals surface area contributed by atoms with Crippen LogP contribution in [0.2, 0.25) is 0 Å². The molecule has 37 heavy (non-hydrogen) atoms. The summed E-state index contributed by atoms with van der Waals surface area (Å²) in [5.74, 6) is 0.641. The Morgan fingerprint density at radius 2 is 1.86 bits per heavy atom. The van der Waals surface area contributed by atoms with Gasteiger partial charge in [0, 0.05) is 79.6 Å². The van der Waals surface area contributed by atoms with Crippen molar-refractivity contribution in [2.45, 2.75) is 13.1 Å². The van der Waals surface area contributed by atoms with Crippen LogP contribution in [0.5, 0.6) is 0 Å². The summed E-state index contributed by atoms with van der Waals surface area (Å²) in [6.45, 7) is 5.95. The largest absolute Gasteiger partial charge is 0.397 e. The second-order valence-electron chi connectivity index (χ2n) is 9.71. The Balaban J connectivity index is 1.13. The van der Waals surface area contributed by atoms with E-state index in [9.17, 15) is 4.79 Å². The first-order chi connectivity index (χ1) is 18.1. The molecule has 0 spiro atoms. The molecule has 2 aromatic carbocycles. The fourth-order valence-corrected chi connectivity index (χ4v) is 4.91. The SMILES string of the molecule is CN1CCN(Cc2ccc(C(=O)Nc3ccc4c(c3)Nc3nccc(-c5cccnc5)[n+]3C4)cc2)CC1. The molecule has 0 bridgehead atoms. The Hall–Kier alpha value is -4.14. The Morgan fingerprint density at radius 3 is 2.65 bits per heavy atom. The number of nitrogens with one attached hydrogen (secondary N) is 2. The summed E-state index contributed by atoms with van der Waals surface area (Å²) >= 11 is 0. The summed E-state index contributed by atoms with van der Waals surface area (Å²) in [6, 6.07) is 19.9. The van der Waals surface area contributed by atoms with Gasteiger partial charge in [0.1, 0.15) is 24.1 Å². The second-order valence-corrected chi connectivity index (χ2v) is 9.71. The average Bonchev–Trinajstić information content (AvgIpc) is 2.93. The summed E-state index contributed by atoms with van der Waals surface area (Å²) in [4.78, 5) is 26.6. The van der Waals surface area contributed by atoms with Crippen LogP contribution in [0.3, 0.4) is 0 Å². The van der Waals surface area contributed by atoms with E-state index in [4.69, 9.17) is 0 Å². The second kappa shape index (κ2) is 10.1. The number of amides is 1. The van der Waals surface area contributed by atoms with Gasteiger partial charge >= 0.3 is 5.95 Å². The van der Waals surface area contributed by atoms with Crippen molar-refractivity contribution < 1.29 is 9.36 Å². The summed E-state index contributed by atoms with van der Waals surface area (Å²) < 4.78 is 2.14. The van der Waals surface area contributed by atoms with Gasteiger partial charge in [0.25, 0.3) is 5.91 Å². The van der Waals surface area contributed by atoms with Gasteiger partial charge in [0.05, 0.1) is 0 Å². The normalized spacial score (nSPS) is 15.4. The lowest BCUT2D eigenvalue weighted by molar-refractivity contribution is -0.667. The molecule has 0 unspecified atom stereocenters. The van der Waals surface area contributed by atoms with E-state index in [2.05, 4.69) is 54.1 Å². The molecule has 0 atom stereocenters. The van der Waals surface area contributed by atoms with Crippen LogP contribution in [0.15, 0.2) is 79.3 Å². The van der Waals surface area contributed by atoms with E-state index in [0.717, 1.165) is 66.9 Å². The first-order valence-corrected chi connectivity index (χ1v) is 12.6. The van der Waals surface area contributed by atoms with Gasteiger partial charge in [0.15, 0.2) is 0 Å². The number of nitrogens with zero attached hydrogens (tertiary/aromatic N) is 5. The molecule has 8 heteroatoms. The number of fused-ring (bicyclic) bond motifs is 2. The Morgan fingerprint density at radius 1 is 1.03 bits per heavy atom. The number of rotatable bonds is 5. The van der Waals surface area contributed by atoms with Crippen molar-refractivity contribution in [3.8, 4) is 11.3 Å². The minimum Gasteiger partial charge on any atom is -0.322 e. The lowest BCUT2D eigenvalue weighted by atomic mass is 10.1. The summed E-state index contributed by atoms with van der Waals surface area (Å²) in [5, 5.41) is 6.47. The van der Waals surface area contributed by atoms with Crippen LogP contribution in [0, 0.1) is 0 Å². The van der Waals surface area contributed by atoms with Gasteiger partial charge in [0.2, 0.25) is 0 Å². The molecular weight excluding hydrogens is 462 g/mol. The van der Waals surface area contributed by atoms with E-state index in [-0.39, 0.29) is 5.91 Å². The highest BCUT2D eigenvalue weighted by atomic mass is 16.1. The average molecular weight is 493 g/mol. The van der Waals surface area contributed by atoms with Crippen molar-refractivity contribution in [3.05, 3.63) is 95.9 Å². The van der Waals surface area contributed by atoms with E-state index >= 15 is 0 Å². The minimum absolute atomic E-state index is 0.117. The Kier molecular flexibility index (Phi) is 6.34. The molecule has 2 aliphatic rings. The van der Waals surface area contributed by atoms with Crippen LogP contribution < -0.4 is 15.2 Å². The van der Waals surface area contributed by atoms with Crippen LogP contribution in [0.1, 0.15) is 21.5 Å². The third kappa shape index (κ3) is 5.07. The molecule has 1 fully saturated rings. The third-order valence-corrected chi connectivity index (χ3v) is 7.09. The number of aromatic nitrogens is 3. The number of likely N-dealkylation sites (N-methyl/N-ethyl adjacent to an activating group) is 1. The van der Waals surface area contributed by atoms with E-state index < -0.39 is 0 Å². The molecule has 2 aromatic heterocycles. The number of hydrogen-bond acceptors (Lipinski definition) is 6. The van der Waals surface area contributed by atoms with E-state index in [1.165, 1.54) is 5.56 Å². The highest BCUT2D eigenvalue weighted by Crippen LogP contribution is 2.28. The fourth-order valence-electron chi connectivity index (χ4n) is 4.91. The van der Waals surface area contributed by atoms with Gasteiger partial charge in [-0.05, 0) is 42.9 Å². The van der Waals surface area contributed by atoms with Crippen molar-refractivity contribution in [1.82, 2.24) is 19.8 Å². The van der Waals surface area contributed by atoms with Gasteiger partial charge in [-0.15, -0.1) is 0 Å². The van der Waals surface area contributed by atoms with Crippen LogP contribution in [-0.2, 0) is 13.1 Å². The van der Waals surface area contributed by atoms with Crippen molar-refractivity contribution in [3.63, 3.8) is 0 Å². The molecule has 2 aliphatic heterocycles. The summed E-state index contributed by atoms with van der Waals surface area (Å²) in [7, 11) is 2.16. The number of carbonyl (C=O) groups excluding carboxylic acids is 1. The predicted molar refractivity (Wildman–Crippen MR) is 144 cm³/mol. The zero-order valence-electron chi connectivity index (χ0n) is 20.9. The van der Waals surface area contributed by atoms with Gasteiger partial charge in [-0.2, -0.15) is 0 Å². The highest BCUT2D eigenvalue weighted by Gasteiger charge is 2.25. The molecule has 0 radical (unpaired) electrons. The number of hydrogen-bond donors (Lipinski definition) is 2. The van der Waals surface area contributed by atoms with E-state index in [1.54, 1.807) is 12.4 Å². The van der Waals surface area contributed by atoms with Gasteiger partial charge in [-0.1, -0.05) is 23.2 Å². The van der Waals surface area contributed by atoms with Crippen molar-refractivity contribution >= 4 is 23.2 Å². The standard InChI is InChI=1S/C29H29N7O/c1-34-13-15-35(16-14-34)19-21-4-6-22(7-5-21)28(37)32-25-9-8-24-20-36-27(23-3-2-11-30-18-23)10-12-31-29(36)33-26(24)17-25/h2-12,17-18H,13-16,19-20H2,1H3,(H,32,37)/p+1. The maximum atomic E-state index is 12.9. The molecule has 0 aliphatic carbocycles. The lowest BCUT2D eigenvalue weighted by Crippen LogP contribution is -2.43. The van der Waals surface area contributed by atoms with Crippen LogP contribution in [0.4, 0.5) is 17.3 Å². The predicted octanol–water partition coefficient (Wildman–Crippen LogP) is 3.54. The maximum Gasteiger partial charge on any atom is 0.397 e. The zero-order chi connectivity index (χ0) is 25.2.